The number of thioether (sulfide) groups is 1. The van der Waals surface area contributed by atoms with Gasteiger partial charge in [-0.15, -0.1) is 0 Å². The summed E-state index contributed by atoms with van der Waals surface area (Å²) < 4.78 is 7.29. The number of fused-ring (bicyclic) bond motifs is 1. The van der Waals surface area contributed by atoms with Crippen LogP contribution in [-0.2, 0) is 10.5 Å². The molecule has 1 amide bonds. The average Bonchev–Trinajstić information content (AvgIpc) is 3.17. The molecule has 4 rings (SSSR count). The maximum absolute atomic E-state index is 13.3. The van der Waals surface area contributed by atoms with E-state index in [9.17, 15) is 4.79 Å². The van der Waals surface area contributed by atoms with Crippen molar-refractivity contribution in [3.8, 4) is 5.75 Å². The predicted molar refractivity (Wildman–Crippen MR) is 129 cm³/mol. The van der Waals surface area contributed by atoms with Gasteiger partial charge in [0, 0.05) is 23.7 Å². The molecule has 2 aromatic heterocycles. The van der Waals surface area contributed by atoms with Gasteiger partial charge in [-0.3, -0.25) is 9.78 Å². The van der Waals surface area contributed by atoms with Gasteiger partial charge in [-0.1, -0.05) is 54.6 Å². The molecule has 0 spiro atoms. The van der Waals surface area contributed by atoms with Gasteiger partial charge in [0.2, 0.25) is 5.91 Å². The molecule has 1 N–H and O–H groups in total. The van der Waals surface area contributed by atoms with E-state index in [0.717, 1.165) is 21.9 Å². The molecule has 0 fully saturated rings. The number of carbonyl (C=O) groups excluding carboxylic acids is 1. The molecule has 164 valence electrons. The number of aromatic nitrogens is 3. The Hall–Kier alpha value is -3.32. The maximum atomic E-state index is 13.3. The lowest BCUT2D eigenvalue weighted by molar-refractivity contribution is -0.119. The van der Waals surface area contributed by atoms with E-state index in [1.54, 1.807) is 31.3 Å². The Morgan fingerprint density at radius 1 is 1.19 bits per heavy atom. The molecule has 4 aromatic rings. The molecule has 7 heteroatoms. The van der Waals surface area contributed by atoms with E-state index in [1.807, 2.05) is 41.8 Å². The summed E-state index contributed by atoms with van der Waals surface area (Å²) in [6, 6.07) is 17.3. The molecular formula is C25H26N4O2S. The largest absolute Gasteiger partial charge is 0.497 e. The number of nitrogens with one attached hydrogen (secondary N) is 1. The van der Waals surface area contributed by atoms with Gasteiger partial charge in [0.1, 0.15) is 11.8 Å². The summed E-state index contributed by atoms with van der Waals surface area (Å²) in [5.41, 5.74) is 4.83. The smallest absolute Gasteiger partial charge is 0.247 e. The zero-order chi connectivity index (χ0) is 22.5. The van der Waals surface area contributed by atoms with Crippen LogP contribution in [0.5, 0.6) is 5.75 Å². The highest BCUT2D eigenvalue weighted by Gasteiger charge is 2.25. The van der Waals surface area contributed by atoms with Crippen LogP contribution in [0.15, 0.2) is 72.1 Å². The molecule has 32 heavy (non-hydrogen) atoms. The average molecular weight is 447 g/mol. The van der Waals surface area contributed by atoms with E-state index in [0.29, 0.717) is 17.9 Å². The lowest BCUT2D eigenvalue weighted by Crippen LogP contribution is -2.26. The lowest BCUT2D eigenvalue weighted by atomic mass is 10.2. The fraction of sp³-hybridized carbons (Fsp3) is 0.240. The zero-order valence-electron chi connectivity index (χ0n) is 18.4. The summed E-state index contributed by atoms with van der Waals surface area (Å²) in [5, 5.41) is 3.84. The molecule has 0 aliphatic heterocycles. The van der Waals surface area contributed by atoms with Crippen LogP contribution in [0.25, 0.3) is 11.0 Å². The SMILES string of the molecule is CCC(C(=O)Nc1cccc(OC)c1)n1c(SCc2cccc(C)c2)nc2ccncc21. The molecular weight excluding hydrogens is 420 g/mol. The first-order valence-electron chi connectivity index (χ1n) is 10.5. The van der Waals surface area contributed by atoms with Gasteiger partial charge in [-0.2, -0.15) is 0 Å². The number of rotatable bonds is 8. The van der Waals surface area contributed by atoms with Crippen molar-refractivity contribution in [3.05, 3.63) is 78.1 Å². The van der Waals surface area contributed by atoms with Gasteiger partial charge in [-0.05, 0) is 37.1 Å². The summed E-state index contributed by atoms with van der Waals surface area (Å²) in [5.74, 6) is 1.37. The number of carbonyl (C=O) groups is 1. The van der Waals surface area contributed by atoms with Crippen molar-refractivity contribution in [1.29, 1.82) is 0 Å². The van der Waals surface area contributed by atoms with E-state index < -0.39 is 6.04 Å². The Morgan fingerprint density at radius 3 is 2.81 bits per heavy atom. The molecule has 0 aliphatic carbocycles. The number of imidazole rings is 1. The topological polar surface area (TPSA) is 69.0 Å². The Balaban J connectivity index is 1.65. The van der Waals surface area contributed by atoms with Crippen molar-refractivity contribution >= 4 is 34.4 Å². The fourth-order valence-corrected chi connectivity index (χ4v) is 4.69. The van der Waals surface area contributed by atoms with Crippen LogP contribution in [0.2, 0.25) is 0 Å². The van der Waals surface area contributed by atoms with Crippen molar-refractivity contribution in [2.45, 2.75) is 37.2 Å². The minimum Gasteiger partial charge on any atom is -0.497 e. The summed E-state index contributed by atoms with van der Waals surface area (Å²) in [6.07, 6.45) is 4.13. The second-order valence-corrected chi connectivity index (χ2v) is 8.49. The number of hydrogen-bond donors (Lipinski definition) is 1. The number of pyridine rings is 1. The monoisotopic (exact) mass is 446 g/mol. The van der Waals surface area contributed by atoms with Gasteiger partial charge >= 0.3 is 0 Å². The number of benzene rings is 2. The standard InChI is InChI=1S/C25H26N4O2S/c1-4-22(24(30)27-19-9-6-10-20(14-19)31-3)29-23-15-26-12-11-21(23)28-25(29)32-16-18-8-5-7-17(2)13-18/h5-15,22H,4,16H2,1-3H3,(H,27,30). The molecule has 0 bridgehead atoms. The van der Waals surface area contributed by atoms with Gasteiger partial charge in [0.15, 0.2) is 5.16 Å². The predicted octanol–water partition coefficient (Wildman–Crippen LogP) is 5.63. The van der Waals surface area contributed by atoms with Crippen LogP contribution in [0, 0.1) is 6.92 Å². The first-order chi connectivity index (χ1) is 15.6. The van der Waals surface area contributed by atoms with Crippen molar-refractivity contribution in [2.75, 3.05) is 12.4 Å². The Bertz CT molecular complexity index is 1240. The quantitative estimate of drug-likeness (QED) is 0.355. The van der Waals surface area contributed by atoms with E-state index in [2.05, 4.69) is 41.5 Å². The molecule has 0 saturated heterocycles. The number of methoxy groups -OCH3 is 1. The van der Waals surface area contributed by atoms with Crippen molar-refractivity contribution < 1.29 is 9.53 Å². The normalized spacial score (nSPS) is 12.0. The van der Waals surface area contributed by atoms with E-state index in [4.69, 9.17) is 9.72 Å². The molecule has 0 aliphatic rings. The second kappa shape index (κ2) is 9.87. The van der Waals surface area contributed by atoms with Crippen LogP contribution in [0.1, 0.15) is 30.5 Å². The molecule has 2 heterocycles. The van der Waals surface area contributed by atoms with Crippen LogP contribution in [0.4, 0.5) is 5.69 Å². The van der Waals surface area contributed by atoms with Crippen LogP contribution in [-0.4, -0.2) is 27.6 Å². The number of ether oxygens (including phenoxy) is 1. The molecule has 0 saturated carbocycles. The Morgan fingerprint density at radius 2 is 2.03 bits per heavy atom. The molecule has 0 radical (unpaired) electrons. The molecule has 1 atom stereocenters. The van der Waals surface area contributed by atoms with Gasteiger partial charge < -0.3 is 14.6 Å². The number of amides is 1. The number of nitrogens with zero attached hydrogens (tertiary/aromatic N) is 3. The van der Waals surface area contributed by atoms with Gasteiger partial charge in [0.25, 0.3) is 0 Å². The maximum Gasteiger partial charge on any atom is 0.247 e. The highest BCUT2D eigenvalue weighted by molar-refractivity contribution is 7.98. The summed E-state index contributed by atoms with van der Waals surface area (Å²) in [4.78, 5) is 22.4. The van der Waals surface area contributed by atoms with Crippen LogP contribution in [0.3, 0.4) is 0 Å². The third-order valence-electron chi connectivity index (χ3n) is 5.25. The van der Waals surface area contributed by atoms with Crippen molar-refractivity contribution in [1.82, 2.24) is 14.5 Å². The van der Waals surface area contributed by atoms with Crippen molar-refractivity contribution in [2.24, 2.45) is 0 Å². The second-order valence-electron chi connectivity index (χ2n) is 7.55. The number of hydrogen-bond acceptors (Lipinski definition) is 5. The minimum absolute atomic E-state index is 0.0960. The van der Waals surface area contributed by atoms with Crippen molar-refractivity contribution in [3.63, 3.8) is 0 Å². The zero-order valence-corrected chi connectivity index (χ0v) is 19.2. The number of anilines is 1. The highest BCUT2D eigenvalue weighted by atomic mass is 32.2. The molecule has 6 nitrogen and oxygen atoms in total. The van der Waals surface area contributed by atoms with Gasteiger partial charge in [-0.25, -0.2) is 4.98 Å². The Kier molecular flexibility index (Phi) is 6.75. The summed E-state index contributed by atoms with van der Waals surface area (Å²) >= 11 is 1.63. The summed E-state index contributed by atoms with van der Waals surface area (Å²) in [6.45, 7) is 4.10. The molecule has 2 aromatic carbocycles. The van der Waals surface area contributed by atoms with E-state index in [1.165, 1.54) is 11.1 Å². The highest BCUT2D eigenvalue weighted by Crippen LogP contribution is 2.32. The van der Waals surface area contributed by atoms with E-state index >= 15 is 0 Å². The first-order valence-corrected chi connectivity index (χ1v) is 11.5. The first kappa shape index (κ1) is 21.9. The third kappa shape index (κ3) is 4.78. The van der Waals surface area contributed by atoms with E-state index in [-0.39, 0.29) is 5.91 Å². The van der Waals surface area contributed by atoms with Crippen LogP contribution < -0.4 is 10.1 Å². The fourth-order valence-electron chi connectivity index (χ4n) is 3.68. The Labute approximate surface area is 192 Å². The van der Waals surface area contributed by atoms with Gasteiger partial charge in [0.05, 0.1) is 24.3 Å². The lowest BCUT2D eigenvalue weighted by Gasteiger charge is -2.20. The molecule has 1 unspecified atom stereocenters. The van der Waals surface area contributed by atoms with Crippen LogP contribution >= 0.6 is 11.8 Å². The third-order valence-corrected chi connectivity index (χ3v) is 6.27. The number of aryl methyl sites for hydroxylation is 1. The minimum atomic E-state index is -0.421. The summed E-state index contributed by atoms with van der Waals surface area (Å²) in [7, 11) is 1.61.